The maximum Gasteiger partial charge on any atom is 0.335 e. The standard InChI is InChI=1S/C19H21ClO4/c1-3-23-18(19(21)22-2)11-15-9-10-16(12-17(15)20)24-13-14-7-5-4-6-8-14/h4-10,12,18H,3,11,13H2,1-2H3/t18-/m0/s1. The molecule has 0 saturated carbocycles. The molecule has 2 aromatic carbocycles. The molecule has 1 atom stereocenters. The molecule has 0 spiro atoms. The van der Waals surface area contributed by atoms with Gasteiger partial charge in [-0.05, 0) is 30.2 Å². The molecule has 0 aliphatic carbocycles. The lowest BCUT2D eigenvalue weighted by atomic mass is 10.1. The zero-order valence-corrected chi connectivity index (χ0v) is 14.6. The molecule has 24 heavy (non-hydrogen) atoms. The zero-order valence-electron chi connectivity index (χ0n) is 13.8. The number of rotatable bonds is 8. The fraction of sp³-hybridized carbons (Fsp3) is 0.316. The van der Waals surface area contributed by atoms with Gasteiger partial charge < -0.3 is 14.2 Å². The highest BCUT2D eigenvalue weighted by Gasteiger charge is 2.21. The molecule has 0 unspecified atom stereocenters. The Labute approximate surface area is 147 Å². The average molecular weight is 349 g/mol. The molecule has 5 heteroatoms. The van der Waals surface area contributed by atoms with Gasteiger partial charge in [0.05, 0.1) is 7.11 Å². The van der Waals surface area contributed by atoms with Gasteiger partial charge in [0.1, 0.15) is 12.4 Å². The van der Waals surface area contributed by atoms with E-state index in [1.807, 2.05) is 49.4 Å². The Morgan fingerprint density at radius 2 is 1.92 bits per heavy atom. The predicted molar refractivity (Wildman–Crippen MR) is 93.4 cm³/mol. The number of carbonyl (C=O) groups is 1. The minimum absolute atomic E-state index is 0.359. The fourth-order valence-corrected chi connectivity index (χ4v) is 2.51. The van der Waals surface area contributed by atoms with Gasteiger partial charge in [0.2, 0.25) is 0 Å². The predicted octanol–water partition coefficient (Wildman–Crippen LogP) is 4.04. The van der Waals surface area contributed by atoms with E-state index in [2.05, 4.69) is 0 Å². The highest BCUT2D eigenvalue weighted by Crippen LogP contribution is 2.25. The summed E-state index contributed by atoms with van der Waals surface area (Å²) in [7, 11) is 1.34. The molecule has 2 rings (SSSR count). The van der Waals surface area contributed by atoms with E-state index in [-0.39, 0.29) is 0 Å². The Morgan fingerprint density at radius 3 is 2.54 bits per heavy atom. The monoisotopic (exact) mass is 348 g/mol. The van der Waals surface area contributed by atoms with Crippen molar-refractivity contribution in [3.63, 3.8) is 0 Å². The number of methoxy groups -OCH3 is 1. The molecule has 0 amide bonds. The van der Waals surface area contributed by atoms with Crippen molar-refractivity contribution in [1.82, 2.24) is 0 Å². The van der Waals surface area contributed by atoms with Crippen LogP contribution in [0.2, 0.25) is 5.02 Å². The minimum Gasteiger partial charge on any atom is -0.489 e. The second kappa shape index (κ2) is 9.30. The van der Waals surface area contributed by atoms with Crippen molar-refractivity contribution in [3.05, 3.63) is 64.7 Å². The number of esters is 1. The second-order valence-corrected chi connectivity index (χ2v) is 5.61. The molecule has 0 fully saturated rings. The van der Waals surface area contributed by atoms with Gasteiger partial charge in [-0.2, -0.15) is 0 Å². The smallest absolute Gasteiger partial charge is 0.335 e. The van der Waals surface area contributed by atoms with Crippen molar-refractivity contribution in [1.29, 1.82) is 0 Å². The summed E-state index contributed by atoms with van der Waals surface area (Å²) in [6.45, 7) is 2.73. The Hall–Kier alpha value is -2.04. The van der Waals surface area contributed by atoms with E-state index in [1.54, 1.807) is 6.07 Å². The van der Waals surface area contributed by atoms with Crippen LogP contribution in [-0.4, -0.2) is 25.8 Å². The number of halogens is 1. The van der Waals surface area contributed by atoms with Crippen molar-refractivity contribution in [2.24, 2.45) is 0 Å². The maximum atomic E-state index is 11.7. The molecule has 2 aromatic rings. The number of benzene rings is 2. The van der Waals surface area contributed by atoms with Gasteiger partial charge >= 0.3 is 5.97 Å². The van der Waals surface area contributed by atoms with Crippen LogP contribution in [0, 0.1) is 0 Å². The van der Waals surface area contributed by atoms with E-state index in [1.165, 1.54) is 7.11 Å². The lowest BCUT2D eigenvalue weighted by molar-refractivity contribution is -0.153. The van der Waals surface area contributed by atoms with E-state index in [0.29, 0.717) is 30.4 Å². The maximum absolute atomic E-state index is 11.7. The van der Waals surface area contributed by atoms with Gasteiger partial charge in [-0.15, -0.1) is 0 Å². The first-order valence-corrected chi connectivity index (χ1v) is 8.16. The molecule has 0 N–H and O–H groups in total. The molecule has 0 radical (unpaired) electrons. The summed E-state index contributed by atoms with van der Waals surface area (Å²) in [5, 5.41) is 0.536. The van der Waals surface area contributed by atoms with Gasteiger partial charge in [0.15, 0.2) is 6.10 Å². The summed E-state index contributed by atoms with van der Waals surface area (Å²) in [6.07, 6.45) is -0.299. The third kappa shape index (κ3) is 5.25. The van der Waals surface area contributed by atoms with Crippen LogP contribution in [0.1, 0.15) is 18.1 Å². The summed E-state index contributed by atoms with van der Waals surface area (Å²) in [4.78, 5) is 11.7. The van der Waals surface area contributed by atoms with Crippen molar-refractivity contribution in [2.45, 2.75) is 26.1 Å². The second-order valence-electron chi connectivity index (χ2n) is 5.20. The highest BCUT2D eigenvalue weighted by molar-refractivity contribution is 6.31. The lowest BCUT2D eigenvalue weighted by Gasteiger charge is -2.16. The summed E-state index contributed by atoms with van der Waals surface area (Å²) < 4.78 is 15.9. The largest absolute Gasteiger partial charge is 0.489 e. The quantitative estimate of drug-likeness (QED) is 0.675. The highest BCUT2D eigenvalue weighted by atomic mass is 35.5. The van der Waals surface area contributed by atoms with Crippen molar-refractivity contribution in [3.8, 4) is 5.75 Å². The van der Waals surface area contributed by atoms with Gasteiger partial charge in [-0.25, -0.2) is 4.79 Å². The first-order valence-electron chi connectivity index (χ1n) is 7.78. The van der Waals surface area contributed by atoms with Crippen LogP contribution in [0.5, 0.6) is 5.75 Å². The van der Waals surface area contributed by atoms with Crippen molar-refractivity contribution < 1.29 is 19.0 Å². The van der Waals surface area contributed by atoms with E-state index in [0.717, 1.165) is 11.1 Å². The molecule has 0 aromatic heterocycles. The summed E-state index contributed by atoms with van der Waals surface area (Å²) in [5.74, 6) is 0.274. The number of hydrogen-bond acceptors (Lipinski definition) is 4. The molecule has 4 nitrogen and oxygen atoms in total. The van der Waals surface area contributed by atoms with Gasteiger partial charge in [-0.1, -0.05) is 48.0 Å². The van der Waals surface area contributed by atoms with Crippen molar-refractivity contribution in [2.75, 3.05) is 13.7 Å². The molecule has 0 saturated heterocycles. The number of ether oxygens (including phenoxy) is 3. The molecule has 0 aliphatic heterocycles. The Kier molecular flexibility index (Phi) is 7.09. The van der Waals surface area contributed by atoms with Gasteiger partial charge in [0, 0.05) is 18.1 Å². The van der Waals surface area contributed by atoms with Crippen molar-refractivity contribution >= 4 is 17.6 Å². The van der Waals surface area contributed by atoms with Crippen LogP contribution in [0.3, 0.4) is 0 Å². The van der Waals surface area contributed by atoms with E-state index in [9.17, 15) is 4.79 Å². The molecule has 0 heterocycles. The van der Waals surface area contributed by atoms with Crippen LogP contribution in [-0.2, 0) is 27.3 Å². The Balaban J connectivity index is 2.01. The molecular formula is C19H21ClO4. The first kappa shape index (κ1) is 18.3. The van der Waals surface area contributed by atoms with Crippen LogP contribution in [0.25, 0.3) is 0 Å². The average Bonchev–Trinajstić information content (AvgIpc) is 2.61. The molecular weight excluding hydrogens is 328 g/mol. The molecule has 0 aliphatic rings. The Morgan fingerprint density at radius 1 is 1.17 bits per heavy atom. The van der Waals surface area contributed by atoms with E-state index < -0.39 is 12.1 Å². The van der Waals surface area contributed by atoms with Crippen LogP contribution in [0.15, 0.2) is 48.5 Å². The molecule has 128 valence electrons. The molecule has 0 bridgehead atoms. The van der Waals surface area contributed by atoms with E-state index >= 15 is 0 Å². The first-order chi connectivity index (χ1) is 11.6. The van der Waals surface area contributed by atoms with Crippen LogP contribution in [0.4, 0.5) is 0 Å². The summed E-state index contributed by atoms with van der Waals surface area (Å²) >= 11 is 6.32. The Bertz CT molecular complexity index is 658. The normalized spacial score (nSPS) is 11.8. The summed E-state index contributed by atoms with van der Waals surface area (Å²) in [6, 6.07) is 15.3. The lowest BCUT2D eigenvalue weighted by Crippen LogP contribution is -2.28. The number of hydrogen-bond donors (Lipinski definition) is 0. The third-order valence-electron chi connectivity index (χ3n) is 3.51. The van der Waals surface area contributed by atoms with Gasteiger partial charge in [-0.3, -0.25) is 0 Å². The summed E-state index contributed by atoms with van der Waals surface area (Å²) in [5.41, 5.74) is 1.90. The SMILES string of the molecule is CCO[C@@H](Cc1ccc(OCc2ccccc2)cc1Cl)C(=O)OC. The minimum atomic E-state index is -0.659. The fourth-order valence-electron chi connectivity index (χ4n) is 2.27. The van der Waals surface area contributed by atoms with E-state index in [4.69, 9.17) is 25.8 Å². The third-order valence-corrected chi connectivity index (χ3v) is 3.86. The number of carbonyl (C=O) groups excluding carboxylic acids is 1. The van der Waals surface area contributed by atoms with Crippen LogP contribution >= 0.6 is 11.6 Å². The zero-order chi connectivity index (χ0) is 17.4. The van der Waals surface area contributed by atoms with Gasteiger partial charge in [0.25, 0.3) is 0 Å². The topological polar surface area (TPSA) is 44.8 Å². The van der Waals surface area contributed by atoms with Crippen LogP contribution < -0.4 is 4.74 Å².